The van der Waals surface area contributed by atoms with Gasteiger partial charge in [0, 0.05) is 18.7 Å². The molecule has 1 aromatic heterocycles. The monoisotopic (exact) mass is 395 g/mol. The number of halogens is 1. The highest BCUT2D eigenvalue weighted by molar-refractivity contribution is 7.99. The van der Waals surface area contributed by atoms with Gasteiger partial charge in [-0.3, -0.25) is 4.79 Å². The van der Waals surface area contributed by atoms with E-state index in [1.54, 1.807) is 12.1 Å². The van der Waals surface area contributed by atoms with Gasteiger partial charge in [-0.25, -0.2) is 4.39 Å². The fourth-order valence-electron chi connectivity index (χ4n) is 3.00. The highest BCUT2D eigenvalue weighted by Crippen LogP contribution is 2.25. The zero-order valence-electron chi connectivity index (χ0n) is 15.0. The quantitative estimate of drug-likeness (QED) is 0.604. The maximum absolute atomic E-state index is 13.0. The Morgan fingerprint density at radius 1 is 1.07 bits per heavy atom. The normalized spacial score (nSPS) is 14.0. The molecular weight excluding hydrogens is 377 g/mol. The van der Waals surface area contributed by atoms with E-state index in [0.717, 1.165) is 6.42 Å². The Morgan fingerprint density at radius 2 is 1.86 bits per heavy atom. The Bertz CT molecular complexity index is 986. The molecule has 0 N–H and O–H groups in total. The summed E-state index contributed by atoms with van der Waals surface area (Å²) in [6, 6.07) is 16.1. The predicted molar refractivity (Wildman–Crippen MR) is 106 cm³/mol. The summed E-state index contributed by atoms with van der Waals surface area (Å²) in [4.78, 5) is 14.3. The van der Waals surface area contributed by atoms with Crippen molar-refractivity contribution in [3.63, 3.8) is 0 Å². The summed E-state index contributed by atoms with van der Waals surface area (Å²) in [6.45, 7) is 1.30. The van der Waals surface area contributed by atoms with Gasteiger partial charge in [-0.1, -0.05) is 48.2 Å². The summed E-state index contributed by atoms with van der Waals surface area (Å²) in [7, 11) is 0. The van der Waals surface area contributed by atoms with E-state index >= 15 is 0 Å². The zero-order chi connectivity index (χ0) is 19.3. The number of amides is 1. The van der Waals surface area contributed by atoms with Gasteiger partial charge in [0.15, 0.2) is 0 Å². The highest BCUT2D eigenvalue weighted by atomic mass is 32.2. The van der Waals surface area contributed by atoms with Crippen molar-refractivity contribution in [2.45, 2.75) is 11.6 Å². The molecule has 0 bridgehead atoms. The lowest BCUT2D eigenvalue weighted by Crippen LogP contribution is -2.35. The van der Waals surface area contributed by atoms with Crippen molar-refractivity contribution in [3.8, 4) is 11.5 Å². The molecule has 0 saturated carbocycles. The molecule has 0 aliphatic carbocycles. The molecule has 3 aromatic rings. The van der Waals surface area contributed by atoms with E-state index in [4.69, 9.17) is 4.42 Å². The molecule has 0 spiro atoms. The van der Waals surface area contributed by atoms with Crippen molar-refractivity contribution >= 4 is 23.2 Å². The van der Waals surface area contributed by atoms with Gasteiger partial charge in [-0.15, -0.1) is 10.2 Å². The van der Waals surface area contributed by atoms with Gasteiger partial charge in [-0.05, 0) is 41.8 Å². The maximum Gasteiger partial charge on any atom is 0.277 e. The third-order valence-electron chi connectivity index (χ3n) is 4.52. The molecule has 2 aromatic carbocycles. The van der Waals surface area contributed by atoms with Crippen LogP contribution in [0.4, 0.5) is 4.39 Å². The Hall–Kier alpha value is -2.93. The van der Waals surface area contributed by atoms with E-state index in [1.165, 1.54) is 35.0 Å². The highest BCUT2D eigenvalue weighted by Gasteiger charge is 2.19. The Labute approximate surface area is 166 Å². The summed E-state index contributed by atoms with van der Waals surface area (Å²) in [5, 5.41) is 8.23. The Kier molecular flexibility index (Phi) is 5.53. The minimum absolute atomic E-state index is 0.0369. The molecule has 5 nitrogen and oxygen atoms in total. The van der Waals surface area contributed by atoms with Gasteiger partial charge in [0.05, 0.1) is 5.75 Å². The maximum atomic E-state index is 13.0. The lowest BCUT2D eigenvalue weighted by Gasteiger charge is -2.26. The first-order valence-electron chi connectivity index (χ1n) is 8.93. The lowest BCUT2D eigenvalue weighted by molar-refractivity contribution is -0.127. The average molecular weight is 395 g/mol. The van der Waals surface area contributed by atoms with Crippen LogP contribution < -0.4 is 0 Å². The van der Waals surface area contributed by atoms with Crippen LogP contribution in [0.15, 0.2) is 70.3 Å². The number of thioether (sulfide) groups is 1. The predicted octanol–water partition coefficient (Wildman–Crippen LogP) is 4.28. The molecule has 1 aliphatic heterocycles. The summed E-state index contributed by atoms with van der Waals surface area (Å²) < 4.78 is 18.6. The molecule has 4 rings (SSSR count). The minimum atomic E-state index is -0.325. The summed E-state index contributed by atoms with van der Waals surface area (Å²) in [6.07, 6.45) is 2.95. The number of carbonyl (C=O) groups is 1. The summed E-state index contributed by atoms with van der Waals surface area (Å²) >= 11 is 1.21. The second kappa shape index (κ2) is 8.39. The molecule has 7 heteroatoms. The topological polar surface area (TPSA) is 59.2 Å². The molecule has 142 valence electrons. The molecule has 0 radical (unpaired) electrons. The zero-order valence-corrected chi connectivity index (χ0v) is 15.9. The van der Waals surface area contributed by atoms with Crippen LogP contribution in [0.2, 0.25) is 0 Å². The number of hydrogen-bond donors (Lipinski definition) is 0. The van der Waals surface area contributed by atoms with Crippen LogP contribution in [0.5, 0.6) is 0 Å². The first-order valence-corrected chi connectivity index (χ1v) is 9.92. The molecule has 1 amide bonds. The van der Waals surface area contributed by atoms with E-state index < -0.39 is 0 Å². The second-order valence-corrected chi connectivity index (χ2v) is 7.28. The third kappa shape index (κ3) is 4.31. The van der Waals surface area contributed by atoms with Gasteiger partial charge in [-0.2, -0.15) is 0 Å². The van der Waals surface area contributed by atoms with E-state index in [-0.39, 0.29) is 17.5 Å². The molecule has 0 unspecified atom stereocenters. The van der Waals surface area contributed by atoms with Gasteiger partial charge < -0.3 is 9.32 Å². The first kappa shape index (κ1) is 18.4. The van der Waals surface area contributed by atoms with E-state index in [1.807, 2.05) is 23.1 Å². The molecule has 0 saturated heterocycles. The molecular formula is C21H18FN3O2S. The Morgan fingerprint density at radius 3 is 2.57 bits per heavy atom. The third-order valence-corrected chi connectivity index (χ3v) is 5.33. The summed E-state index contributed by atoms with van der Waals surface area (Å²) in [5.41, 5.74) is 3.13. The van der Waals surface area contributed by atoms with E-state index in [0.29, 0.717) is 29.8 Å². The van der Waals surface area contributed by atoms with Crippen molar-refractivity contribution in [1.29, 1.82) is 0 Å². The van der Waals surface area contributed by atoms with Crippen LogP contribution in [0.3, 0.4) is 0 Å². The van der Waals surface area contributed by atoms with E-state index in [2.05, 4.69) is 28.4 Å². The molecule has 28 heavy (non-hydrogen) atoms. The fraction of sp³-hybridized carbons (Fsp3) is 0.190. The second-order valence-electron chi connectivity index (χ2n) is 6.35. The van der Waals surface area contributed by atoms with Crippen molar-refractivity contribution < 1.29 is 13.6 Å². The molecule has 0 fully saturated rings. The van der Waals surface area contributed by atoms with Crippen LogP contribution in [-0.4, -0.2) is 39.8 Å². The van der Waals surface area contributed by atoms with Crippen LogP contribution in [-0.2, 0) is 4.79 Å². The summed E-state index contributed by atoms with van der Waals surface area (Å²) in [5.74, 6) is 0.257. The SMILES string of the molecule is O=C(CSc1nnc(-c2ccc(F)cc2)o1)N1CC=C(c2ccccc2)CC1. The first-order chi connectivity index (χ1) is 13.7. The van der Waals surface area contributed by atoms with Crippen LogP contribution in [0.1, 0.15) is 12.0 Å². The standard InChI is InChI=1S/C21H18FN3O2S/c22-18-8-6-17(7-9-18)20-23-24-21(27-20)28-14-19(26)25-12-10-16(11-13-25)15-4-2-1-3-5-15/h1-10H,11-14H2. The van der Waals surface area contributed by atoms with Crippen molar-refractivity contribution in [3.05, 3.63) is 72.1 Å². The minimum Gasteiger partial charge on any atom is -0.411 e. The van der Waals surface area contributed by atoms with Gasteiger partial charge >= 0.3 is 0 Å². The van der Waals surface area contributed by atoms with Gasteiger partial charge in [0.2, 0.25) is 11.8 Å². The van der Waals surface area contributed by atoms with E-state index in [9.17, 15) is 9.18 Å². The molecule has 0 atom stereocenters. The van der Waals surface area contributed by atoms with Crippen molar-refractivity contribution in [2.75, 3.05) is 18.8 Å². The number of nitrogens with zero attached hydrogens (tertiary/aromatic N) is 3. The number of benzene rings is 2. The number of rotatable bonds is 5. The van der Waals surface area contributed by atoms with Crippen LogP contribution in [0.25, 0.3) is 17.0 Å². The number of aromatic nitrogens is 2. The smallest absolute Gasteiger partial charge is 0.277 e. The van der Waals surface area contributed by atoms with Gasteiger partial charge in [0.25, 0.3) is 5.22 Å². The lowest BCUT2D eigenvalue weighted by atomic mass is 10.00. The fourth-order valence-corrected chi connectivity index (χ4v) is 3.67. The number of hydrogen-bond acceptors (Lipinski definition) is 5. The van der Waals surface area contributed by atoms with Crippen molar-refractivity contribution in [2.24, 2.45) is 0 Å². The van der Waals surface area contributed by atoms with Crippen molar-refractivity contribution in [1.82, 2.24) is 15.1 Å². The van der Waals surface area contributed by atoms with Crippen LogP contribution in [0, 0.1) is 5.82 Å². The Balaban J connectivity index is 1.32. The molecule has 2 heterocycles. The molecule has 1 aliphatic rings. The van der Waals surface area contributed by atoms with Gasteiger partial charge in [0.1, 0.15) is 5.82 Å². The number of carbonyl (C=O) groups excluding carboxylic acids is 1. The van der Waals surface area contributed by atoms with Crippen LogP contribution >= 0.6 is 11.8 Å². The largest absolute Gasteiger partial charge is 0.411 e. The average Bonchev–Trinajstić information content (AvgIpc) is 3.22.